The normalized spacial score (nSPS) is 16.2. The van der Waals surface area contributed by atoms with Gasteiger partial charge in [-0.15, -0.1) is 0 Å². The Bertz CT molecular complexity index is 1770. The van der Waals surface area contributed by atoms with Crippen LogP contribution >= 0.6 is 0 Å². The Morgan fingerprint density at radius 1 is 0.537 bits per heavy atom. The number of nitrogens with one attached hydrogen (secondary N) is 3. The second kappa shape index (κ2) is 11.9. The van der Waals surface area contributed by atoms with E-state index in [9.17, 15) is 4.79 Å². The predicted octanol–water partition coefficient (Wildman–Crippen LogP) is 8.95. The average Bonchev–Trinajstić information content (AvgIpc) is 3.71. The molecule has 1 aliphatic heterocycles. The summed E-state index contributed by atoms with van der Waals surface area (Å²) >= 11 is 0. The van der Waals surface area contributed by atoms with Gasteiger partial charge >= 0.3 is 0 Å². The number of hydrogen-bond donors (Lipinski definition) is 3. The van der Waals surface area contributed by atoms with E-state index in [2.05, 4.69) is 88.5 Å². The highest BCUT2D eigenvalue weighted by atomic mass is 16.1. The molecule has 0 spiro atoms. The molecule has 0 saturated heterocycles. The SMILES string of the molecule is CCc1c(CC)c2cc3[nH]c(cc4[nH]c(c(CC)c4CC)c(=O)c4nc(cc1[nH]2)C(CC)C4CC)c(CC)c3CC. The maximum atomic E-state index is 14.4. The number of rotatable bonds is 8. The topological polar surface area (TPSA) is 77.3 Å². The lowest BCUT2D eigenvalue weighted by Crippen LogP contribution is -2.14. The Morgan fingerprint density at radius 3 is 1.34 bits per heavy atom. The van der Waals surface area contributed by atoms with Crippen molar-refractivity contribution in [3.8, 4) is 0 Å². The summed E-state index contributed by atoms with van der Waals surface area (Å²) in [7, 11) is 0. The van der Waals surface area contributed by atoms with Crippen molar-refractivity contribution in [2.75, 3.05) is 0 Å². The van der Waals surface area contributed by atoms with Crippen LogP contribution in [0.15, 0.2) is 23.0 Å². The molecule has 5 heteroatoms. The van der Waals surface area contributed by atoms with Crippen LogP contribution < -0.4 is 5.43 Å². The number of H-pyrrole nitrogens is 3. The van der Waals surface area contributed by atoms with E-state index in [0.29, 0.717) is 0 Å². The van der Waals surface area contributed by atoms with Crippen molar-refractivity contribution in [1.29, 1.82) is 0 Å². The Hall–Kier alpha value is -3.34. The van der Waals surface area contributed by atoms with Crippen LogP contribution in [-0.4, -0.2) is 19.9 Å². The van der Waals surface area contributed by atoms with Crippen LogP contribution in [0, 0.1) is 0 Å². The van der Waals surface area contributed by atoms with Crippen molar-refractivity contribution < 1.29 is 0 Å². The molecule has 0 fully saturated rings. The zero-order chi connectivity index (χ0) is 29.4. The maximum absolute atomic E-state index is 14.4. The van der Waals surface area contributed by atoms with Crippen LogP contribution in [0.4, 0.5) is 0 Å². The fourth-order valence-corrected chi connectivity index (χ4v) is 7.66. The smallest absolute Gasteiger partial charge is 0.223 e. The van der Waals surface area contributed by atoms with E-state index in [1.54, 1.807) is 0 Å². The lowest BCUT2D eigenvalue weighted by Gasteiger charge is -2.15. The van der Waals surface area contributed by atoms with Gasteiger partial charge in [-0.05, 0) is 103 Å². The molecular formula is C36H48N4O. The molecule has 2 atom stereocenters. The monoisotopic (exact) mass is 552 g/mol. The molecule has 8 bridgehead atoms. The summed E-state index contributed by atoms with van der Waals surface area (Å²) in [5.41, 5.74) is 16.1. The van der Waals surface area contributed by atoms with Gasteiger partial charge in [-0.25, -0.2) is 0 Å². The van der Waals surface area contributed by atoms with Gasteiger partial charge in [0.1, 0.15) is 0 Å². The van der Waals surface area contributed by atoms with Gasteiger partial charge in [0.2, 0.25) is 5.43 Å². The Kier molecular flexibility index (Phi) is 8.45. The van der Waals surface area contributed by atoms with Crippen molar-refractivity contribution in [2.45, 2.75) is 119 Å². The standard InChI is InChI=1S/C36H48N4O/c1-9-20-22(11-3)30-18-32-24(13-5)26(15-7)34(39-32)36(41)35-27(16-8)25(14-6)33(40-35)19-31-23(12-4)21(10-2)29(38-31)17-28(20)37-30/h17-19,24,26,37-38,40H,9-16H2,1-8H3. The van der Waals surface area contributed by atoms with E-state index in [0.717, 1.165) is 90.4 Å². The van der Waals surface area contributed by atoms with Crippen LogP contribution in [0.2, 0.25) is 0 Å². The molecule has 41 heavy (non-hydrogen) atoms. The lowest BCUT2D eigenvalue weighted by atomic mass is 9.85. The van der Waals surface area contributed by atoms with Crippen molar-refractivity contribution >= 4 is 33.1 Å². The van der Waals surface area contributed by atoms with Crippen molar-refractivity contribution in [3.05, 3.63) is 73.2 Å². The number of nitrogens with zero attached hydrogens (tertiary/aromatic N) is 1. The summed E-state index contributed by atoms with van der Waals surface area (Å²) in [6.07, 6.45) is 7.37. The molecular weight excluding hydrogens is 504 g/mol. The third-order valence-electron chi connectivity index (χ3n) is 9.62. The molecule has 4 aromatic heterocycles. The van der Waals surface area contributed by atoms with E-state index in [4.69, 9.17) is 4.98 Å². The van der Waals surface area contributed by atoms with E-state index in [1.807, 2.05) is 0 Å². The first-order valence-electron chi connectivity index (χ1n) is 16.1. The molecule has 0 amide bonds. The summed E-state index contributed by atoms with van der Waals surface area (Å²) in [6.45, 7) is 17.8. The highest BCUT2D eigenvalue weighted by molar-refractivity contribution is 5.82. The molecule has 3 N–H and O–H groups in total. The quantitative estimate of drug-likeness (QED) is 0.204. The van der Waals surface area contributed by atoms with Gasteiger partial charge < -0.3 is 15.0 Å². The largest absolute Gasteiger partial charge is 0.355 e. The minimum absolute atomic E-state index is 0.0691. The second-order valence-electron chi connectivity index (χ2n) is 11.5. The van der Waals surface area contributed by atoms with Crippen molar-refractivity contribution in [1.82, 2.24) is 19.9 Å². The third-order valence-corrected chi connectivity index (χ3v) is 9.62. The molecule has 5 heterocycles. The highest BCUT2D eigenvalue weighted by Crippen LogP contribution is 2.40. The molecule has 5 nitrogen and oxygen atoms in total. The van der Waals surface area contributed by atoms with Gasteiger partial charge in [-0.3, -0.25) is 9.78 Å². The van der Waals surface area contributed by atoms with Gasteiger partial charge in [0.15, 0.2) is 0 Å². The number of hydrogen-bond acceptors (Lipinski definition) is 2. The summed E-state index contributed by atoms with van der Waals surface area (Å²) in [6, 6.07) is 6.84. The van der Waals surface area contributed by atoms with Gasteiger partial charge in [-0.2, -0.15) is 0 Å². The molecule has 5 rings (SSSR count). The second-order valence-corrected chi connectivity index (χ2v) is 11.5. The molecule has 0 saturated carbocycles. The molecule has 1 aliphatic rings. The maximum Gasteiger partial charge on any atom is 0.223 e. The molecule has 218 valence electrons. The van der Waals surface area contributed by atoms with Crippen LogP contribution in [-0.2, 0) is 38.5 Å². The van der Waals surface area contributed by atoms with Crippen molar-refractivity contribution in [3.63, 3.8) is 0 Å². The zero-order valence-electron chi connectivity index (χ0n) is 26.4. The summed E-state index contributed by atoms with van der Waals surface area (Å²) in [5.74, 6) is 0.363. The summed E-state index contributed by atoms with van der Waals surface area (Å²) < 4.78 is 0. The van der Waals surface area contributed by atoms with Gasteiger partial charge in [0.25, 0.3) is 0 Å². The summed E-state index contributed by atoms with van der Waals surface area (Å²) in [5, 5.41) is 0. The zero-order valence-corrected chi connectivity index (χ0v) is 26.4. The first kappa shape index (κ1) is 29.2. The van der Waals surface area contributed by atoms with E-state index < -0.39 is 0 Å². The number of aromatic amines is 3. The molecule has 0 radical (unpaired) electrons. The number of aromatic nitrogens is 4. The van der Waals surface area contributed by atoms with E-state index in [-0.39, 0.29) is 17.3 Å². The highest BCUT2D eigenvalue weighted by Gasteiger charge is 2.32. The molecule has 4 aromatic rings. The first-order chi connectivity index (χ1) is 19.9. The summed E-state index contributed by atoms with van der Waals surface area (Å²) in [4.78, 5) is 30.8. The van der Waals surface area contributed by atoms with E-state index in [1.165, 1.54) is 38.9 Å². The molecule has 0 aromatic carbocycles. The fraction of sp³-hybridized carbons (Fsp3) is 0.500. The Balaban J connectivity index is 2.08. The number of aryl methyl sites for hydroxylation is 6. The minimum atomic E-state index is 0.0691. The Labute approximate surface area is 244 Å². The Morgan fingerprint density at radius 2 is 0.927 bits per heavy atom. The molecule has 0 aliphatic carbocycles. The third kappa shape index (κ3) is 4.71. The van der Waals surface area contributed by atoms with Crippen LogP contribution in [0.3, 0.4) is 0 Å². The average molecular weight is 553 g/mol. The van der Waals surface area contributed by atoms with Gasteiger partial charge in [0.05, 0.1) is 11.2 Å². The first-order valence-corrected chi connectivity index (χ1v) is 16.1. The lowest BCUT2D eigenvalue weighted by molar-refractivity contribution is 0.531. The number of fused-ring (bicyclic) bond motifs is 8. The van der Waals surface area contributed by atoms with Gasteiger partial charge in [0, 0.05) is 45.1 Å². The minimum Gasteiger partial charge on any atom is -0.355 e. The predicted molar refractivity (Wildman–Crippen MR) is 175 cm³/mol. The van der Waals surface area contributed by atoms with Crippen LogP contribution in [0.5, 0.6) is 0 Å². The fourth-order valence-electron chi connectivity index (χ4n) is 7.66. The van der Waals surface area contributed by atoms with Crippen LogP contribution in [0.25, 0.3) is 33.1 Å². The van der Waals surface area contributed by atoms with Gasteiger partial charge in [-0.1, -0.05) is 55.4 Å². The molecule has 2 unspecified atom stereocenters. The van der Waals surface area contributed by atoms with Crippen molar-refractivity contribution in [2.24, 2.45) is 0 Å². The van der Waals surface area contributed by atoms with E-state index >= 15 is 0 Å². The van der Waals surface area contributed by atoms with Crippen LogP contribution in [0.1, 0.15) is 125 Å².